The number of allylic oxidation sites excluding steroid dienone is 1. The molecule has 0 unspecified atom stereocenters. The molecule has 0 saturated heterocycles. The standard InChI is InChI=1S/C12H12F3N3/c1-8(2)5-6-17-11-9(7-16)3-4-10(18-11)12(13,14)15/h3-5H,6H2,1-2H3,(H,17,18). The summed E-state index contributed by atoms with van der Waals surface area (Å²) >= 11 is 0. The first kappa shape index (κ1) is 14.0. The van der Waals surface area contributed by atoms with Crippen LogP contribution in [0.1, 0.15) is 25.1 Å². The topological polar surface area (TPSA) is 48.7 Å². The molecule has 6 heteroatoms. The SMILES string of the molecule is CC(C)=CCNc1nc(C(F)(F)F)ccc1C#N. The lowest BCUT2D eigenvalue weighted by Crippen LogP contribution is -2.11. The first-order valence-corrected chi connectivity index (χ1v) is 5.20. The van der Waals surface area contributed by atoms with Gasteiger partial charge in [-0.3, -0.25) is 0 Å². The minimum absolute atomic E-state index is 0.0511. The summed E-state index contributed by atoms with van der Waals surface area (Å²) in [4.78, 5) is 3.42. The minimum Gasteiger partial charge on any atom is -0.365 e. The third kappa shape index (κ3) is 3.77. The lowest BCUT2D eigenvalue weighted by atomic mass is 10.2. The Morgan fingerprint density at radius 1 is 1.44 bits per heavy atom. The molecule has 1 aromatic heterocycles. The van der Waals surface area contributed by atoms with Crippen LogP contribution in [0.3, 0.4) is 0 Å². The Labute approximate surface area is 103 Å². The molecular weight excluding hydrogens is 243 g/mol. The number of anilines is 1. The van der Waals surface area contributed by atoms with Gasteiger partial charge >= 0.3 is 6.18 Å². The number of halogens is 3. The van der Waals surface area contributed by atoms with Crippen LogP contribution in [-0.2, 0) is 6.18 Å². The monoisotopic (exact) mass is 255 g/mol. The highest BCUT2D eigenvalue weighted by Crippen LogP contribution is 2.29. The van der Waals surface area contributed by atoms with Crippen LogP contribution >= 0.6 is 0 Å². The van der Waals surface area contributed by atoms with E-state index in [1.165, 1.54) is 0 Å². The van der Waals surface area contributed by atoms with E-state index in [4.69, 9.17) is 5.26 Å². The summed E-state index contributed by atoms with van der Waals surface area (Å²) in [5.74, 6) is -0.0511. The Morgan fingerprint density at radius 3 is 2.61 bits per heavy atom. The second kappa shape index (κ2) is 5.54. The van der Waals surface area contributed by atoms with Crippen LogP contribution in [0.4, 0.5) is 19.0 Å². The van der Waals surface area contributed by atoms with Crippen molar-refractivity contribution in [2.45, 2.75) is 20.0 Å². The van der Waals surface area contributed by atoms with Crippen LogP contribution in [0.2, 0.25) is 0 Å². The van der Waals surface area contributed by atoms with E-state index in [0.717, 1.165) is 17.7 Å². The van der Waals surface area contributed by atoms with Crippen LogP contribution < -0.4 is 5.32 Å². The highest BCUT2D eigenvalue weighted by atomic mass is 19.4. The van der Waals surface area contributed by atoms with Crippen molar-refractivity contribution in [1.82, 2.24) is 4.98 Å². The van der Waals surface area contributed by atoms with Crippen molar-refractivity contribution in [1.29, 1.82) is 5.26 Å². The maximum absolute atomic E-state index is 12.5. The molecule has 0 aliphatic heterocycles. The minimum atomic E-state index is -4.51. The first-order valence-electron chi connectivity index (χ1n) is 5.20. The van der Waals surface area contributed by atoms with Crippen molar-refractivity contribution >= 4 is 5.82 Å². The van der Waals surface area contributed by atoms with Gasteiger partial charge in [-0.15, -0.1) is 0 Å². The number of rotatable bonds is 3. The Kier molecular flexibility index (Phi) is 4.32. The molecule has 3 nitrogen and oxygen atoms in total. The second-order valence-electron chi connectivity index (χ2n) is 3.86. The molecule has 0 radical (unpaired) electrons. The lowest BCUT2D eigenvalue weighted by molar-refractivity contribution is -0.141. The van der Waals surface area contributed by atoms with E-state index in [2.05, 4.69) is 10.3 Å². The van der Waals surface area contributed by atoms with Gasteiger partial charge in [-0.05, 0) is 26.0 Å². The number of nitriles is 1. The van der Waals surface area contributed by atoms with Crippen LogP contribution in [0.5, 0.6) is 0 Å². The van der Waals surface area contributed by atoms with Crippen molar-refractivity contribution in [2.75, 3.05) is 11.9 Å². The number of alkyl halides is 3. The molecule has 0 bridgehead atoms. The normalized spacial score (nSPS) is 10.7. The van der Waals surface area contributed by atoms with Crippen molar-refractivity contribution in [3.63, 3.8) is 0 Å². The molecule has 1 aromatic rings. The van der Waals surface area contributed by atoms with Crippen molar-refractivity contribution in [3.05, 3.63) is 35.0 Å². The lowest BCUT2D eigenvalue weighted by Gasteiger charge is -2.10. The largest absolute Gasteiger partial charge is 0.433 e. The van der Waals surface area contributed by atoms with Crippen LogP contribution in [0, 0.1) is 11.3 Å². The van der Waals surface area contributed by atoms with Crippen LogP contribution in [0.15, 0.2) is 23.8 Å². The molecule has 1 rings (SSSR count). The molecule has 0 spiro atoms. The van der Waals surface area contributed by atoms with E-state index in [9.17, 15) is 13.2 Å². The fourth-order valence-corrected chi connectivity index (χ4v) is 1.19. The summed E-state index contributed by atoms with van der Waals surface area (Å²) in [5, 5.41) is 11.5. The van der Waals surface area contributed by atoms with Gasteiger partial charge in [0.15, 0.2) is 0 Å². The molecule has 0 aliphatic carbocycles. The van der Waals surface area contributed by atoms with Gasteiger partial charge in [0.25, 0.3) is 0 Å². The molecule has 0 saturated carbocycles. The van der Waals surface area contributed by atoms with Crippen molar-refractivity contribution < 1.29 is 13.2 Å². The highest BCUT2D eigenvalue weighted by molar-refractivity contribution is 5.52. The third-order valence-corrected chi connectivity index (χ3v) is 2.09. The Morgan fingerprint density at radius 2 is 2.11 bits per heavy atom. The van der Waals surface area contributed by atoms with E-state index in [0.29, 0.717) is 6.54 Å². The Balaban J connectivity index is 3.01. The van der Waals surface area contributed by atoms with Gasteiger partial charge in [0, 0.05) is 6.54 Å². The summed E-state index contributed by atoms with van der Waals surface area (Å²) in [6.07, 6.45) is -2.72. The second-order valence-corrected chi connectivity index (χ2v) is 3.86. The van der Waals surface area contributed by atoms with Gasteiger partial charge in [-0.1, -0.05) is 11.6 Å². The molecule has 1 heterocycles. The van der Waals surface area contributed by atoms with E-state index in [-0.39, 0.29) is 11.4 Å². The Hall–Kier alpha value is -2.03. The number of aromatic nitrogens is 1. The zero-order valence-corrected chi connectivity index (χ0v) is 9.97. The van der Waals surface area contributed by atoms with Gasteiger partial charge in [0.1, 0.15) is 17.6 Å². The number of nitrogens with zero attached hydrogens (tertiary/aromatic N) is 2. The van der Waals surface area contributed by atoms with Gasteiger partial charge in [0.2, 0.25) is 0 Å². The zero-order chi connectivity index (χ0) is 13.8. The summed E-state index contributed by atoms with van der Waals surface area (Å²) in [7, 11) is 0. The van der Waals surface area contributed by atoms with Crippen LogP contribution in [0.25, 0.3) is 0 Å². The Bertz CT molecular complexity index is 494. The maximum atomic E-state index is 12.5. The van der Waals surface area contributed by atoms with Crippen LogP contribution in [-0.4, -0.2) is 11.5 Å². The number of hydrogen-bond acceptors (Lipinski definition) is 3. The molecule has 0 atom stereocenters. The molecule has 0 aromatic carbocycles. The van der Waals surface area contributed by atoms with Gasteiger partial charge in [0.05, 0.1) is 5.56 Å². The van der Waals surface area contributed by atoms with Crippen molar-refractivity contribution in [3.8, 4) is 6.07 Å². The quantitative estimate of drug-likeness (QED) is 0.842. The number of hydrogen-bond donors (Lipinski definition) is 1. The smallest absolute Gasteiger partial charge is 0.365 e. The summed E-state index contributed by atoms with van der Waals surface area (Å²) in [5.41, 5.74) is 0.0966. The van der Waals surface area contributed by atoms with Gasteiger partial charge in [-0.25, -0.2) is 4.98 Å². The van der Waals surface area contributed by atoms with E-state index >= 15 is 0 Å². The fraction of sp³-hybridized carbons (Fsp3) is 0.333. The number of pyridine rings is 1. The molecule has 0 aliphatic rings. The number of nitrogens with one attached hydrogen (secondary N) is 1. The molecule has 18 heavy (non-hydrogen) atoms. The predicted molar refractivity (Wildman–Crippen MR) is 61.9 cm³/mol. The maximum Gasteiger partial charge on any atom is 0.433 e. The van der Waals surface area contributed by atoms with Gasteiger partial charge in [-0.2, -0.15) is 18.4 Å². The molecule has 0 amide bonds. The third-order valence-electron chi connectivity index (χ3n) is 2.09. The predicted octanol–water partition coefficient (Wildman–Crippen LogP) is 3.35. The van der Waals surface area contributed by atoms with E-state index < -0.39 is 11.9 Å². The summed E-state index contributed by atoms with van der Waals surface area (Å²) < 4.78 is 37.4. The van der Waals surface area contributed by atoms with E-state index in [1.807, 2.05) is 13.8 Å². The molecule has 96 valence electrons. The molecule has 0 fully saturated rings. The summed E-state index contributed by atoms with van der Waals surface area (Å²) in [6.45, 7) is 4.06. The summed E-state index contributed by atoms with van der Waals surface area (Å²) in [6, 6.07) is 3.71. The molecule has 1 N–H and O–H groups in total. The highest BCUT2D eigenvalue weighted by Gasteiger charge is 2.33. The zero-order valence-electron chi connectivity index (χ0n) is 9.97. The van der Waals surface area contributed by atoms with E-state index in [1.54, 1.807) is 12.1 Å². The van der Waals surface area contributed by atoms with Gasteiger partial charge < -0.3 is 5.32 Å². The average Bonchev–Trinajstić information content (AvgIpc) is 2.27. The first-order chi connectivity index (χ1) is 8.34. The fourth-order valence-electron chi connectivity index (χ4n) is 1.19. The average molecular weight is 255 g/mol. The van der Waals surface area contributed by atoms with Crippen molar-refractivity contribution in [2.24, 2.45) is 0 Å². The molecular formula is C12H12F3N3.